The van der Waals surface area contributed by atoms with Gasteiger partial charge in [-0.2, -0.15) is 0 Å². The molecule has 5 heteroatoms. The van der Waals surface area contributed by atoms with E-state index in [0.29, 0.717) is 5.92 Å². The van der Waals surface area contributed by atoms with Gasteiger partial charge >= 0.3 is 0 Å². The third kappa shape index (κ3) is 2.93. The number of carbonyl (C=O) groups is 1. The molecule has 1 spiro atoms. The first-order valence-electron chi connectivity index (χ1n) is 10.8. The number of fused-ring (bicyclic) bond motifs is 1. The van der Waals surface area contributed by atoms with Crippen molar-refractivity contribution in [3.05, 3.63) is 0 Å². The van der Waals surface area contributed by atoms with Crippen molar-refractivity contribution in [1.82, 2.24) is 4.31 Å². The van der Waals surface area contributed by atoms with Gasteiger partial charge in [0.1, 0.15) is 0 Å². The van der Waals surface area contributed by atoms with Crippen molar-refractivity contribution < 1.29 is 13.2 Å². The Hall–Kier alpha value is -0.580. The minimum absolute atomic E-state index is 0.0289. The van der Waals surface area contributed by atoms with Crippen molar-refractivity contribution in [1.29, 1.82) is 0 Å². The third-order valence-corrected chi connectivity index (χ3v) is 9.93. The summed E-state index contributed by atoms with van der Waals surface area (Å²) >= 11 is 0. The van der Waals surface area contributed by atoms with Crippen LogP contribution in [-0.2, 0) is 14.8 Å². The molecule has 150 valence electrons. The molecule has 1 heterocycles. The van der Waals surface area contributed by atoms with E-state index in [0.717, 1.165) is 51.4 Å². The summed E-state index contributed by atoms with van der Waals surface area (Å²) in [5.41, 5.74) is -0.174. The van der Waals surface area contributed by atoms with Crippen molar-refractivity contribution in [2.75, 3.05) is 5.75 Å². The fourth-order valence-electron chi connectivity index (χ4n) is 6.32. The molecule has 3 fully saturated rings. The molecule has 0 radical (unpaired) electrons. The number of hydrogen-bond donors (Lipinski definition) is 0. The number of unbranched alkanes of at least 4 members (excludes halogenated alkanes) is 3. The van der Waals surface area contributed by atoms with E-state index in [-0.39, 0.29) is 34.4 Å². The predicted octanol–water partition coefficient (Wildman–Crippen LogP) is 4.74. The molecule has 4 atom stereocenters. The molecule has 4 nitrogen and oxygen atoms in total. The average Bonchev–Trinajstić information content (AvgIpc) is 3.04. The lowest BCUT2D eigenvalue weighted by Gasteiger charge is -2.37. The Balaban J connectivity index is 1.81. The maximum Gasteiger partial charge on any atom is 0.239 e. The Morgan fingerprint density at radius 3 is 2.46 bits per heavy atom. The fraction of sp³-hybridized carbons (Fsp3) is 0.952. The molecule has 0 N–H and O–H groups in total. The van der Waals surface area contributed by atoms with Gasteiger partial charge in [-0.15, -0.1) is 0 Å². The van der Waals surface area contributed by atoms with Crippen LogP contribution in [0.3, 0.4) is 0 Å². The summed E-state index contributed by atoms with van der Waals surface area (Å²) in [6, 6.07) is -0.0799. The first-order chi connectivity index (χ1) is 12.2. The summed E-state index contributed by atoms with van der Waals surface area (Å²) in [6.07, 6.45) is 10.1. The number of sulfonamides is 1. The quantitative estimate of drug-likeness (QED) is 0.569. The number of rotatable bonds is 8. The number of carbonyl (C=O) groups excluding carboxylic acids is 1. The van der Waals surface area contributed by atoms with Gasteiger partial charge in [-0.05, 0) is 43.4 Å². The van der Waals surface area contributed by atoms with Crippen LogP contribution < -0.4 is 0 Å². The molecule has 1 aliphatic heterocycles. The second-order valence-corrected chi connectivity index (χ2v) is 11.4. The van der Waals surface area contributed by atoms with Crippen LogP contribution in [0.1, 0.15) is 91.9 Å². The van der Waals surface area contributed by atoms with Crippen molar-refractivity contribution in [3.63, 3.8) is 0 Å². The normalized spacial score (nSPS) is 34.8. The molecule has 2 saturated carbocycles. The first kappa shape index (κ1) is 20.2. The Labute approximate surface area is 160 Å². The first-order valence-corrected chi connectivity index (χ1v) is 12.4. The van der Waals surface area contributed by atoms with Crippen LogP contribution in [-0.4, -0.2) is 30.4 Å². The maximum atomic E-state index is 13.4. The van der Waals surface area contributed by atoms with Crippen LogP contribution in [0.15, 0.2) is 0 Å². The average molecular weight is 384 g/mol. The molecular weight excluding hydrogens is 346 g/mol. The monoisotopic (exact) mass is 383 g/mol. The van der Waals surface area contributed by atoms with Gasteiger partial charge < -0.3 is 0 Å². The number of amides is 1. The van der Waals surface area contributed by atoms with Gasteiger partial charge in [-0.3, -0.25) is 4.79 Å². The molecule has 0 unspecified atom stereocenters. The molecule has 2 bridgehead atoms. The predicted molar refractivity (Wildman–Crippen MR) is 105 cm³/mol. The summed E-state index contributed by atoms with van der Waals surface area (Å²) in [6.45, 7) is 8.75. The summed E-state index contributed by atoms with van der Waals surface area (Å²) in [5, 5.41) is 0. The van der Waals surface area contributed by atoms with E-state index in [9.17, 15) is 13.2 Å². The highest BCUT2D eigenvalue weighted by atomic mass is 32.2. The van der Waals surface area contributed by atoms with E-state index < -0.39 is 10.0 Å². The number of hydrogen-bond acceptors (Lipinski definition) is 3. The second kappa shape index (κ2) is 7.10. The molecular formula is C21H37NO3S. The highest BCUT2D eigenvalue weighted by Crippen LogP contribution is 2.70. The van der Waals surface area contributed by atoms with Crippen LogP contribution in [0.25, 0.3) is 0 Å². The third-order valence-electron chi connectivity index (χ3n) is 8.02. The lowest BCUT2D eigenvalue weighted by molar-refractivity contribution is -0.133. The molecule has 3 rings (SSSR count). The van der Waals surface area contributed by atoms with Gasteiger partial charge in [0.15, 0.2) is 0 Å². The summed E-state index contributed by atoms with van der Waals surface area (Å²) in [7, 11) is -3.48. The van der Waals surface area contributed by atoms with E-state index in [1.54, 1.807) is 0 Å². The summed E-state index contributed by atoms with van der Waals surface area (Å²) in [4.78, 5) is 13.4. The maximum absolute atomic E-state index is 13.4. The zero-order valence-corrected chi connectivity index (χ0v) is 17.9. The zero-order valence-electron chi connectivity index (χ0n) is 17.1. The highest BCUT2D eigenvalue weighted by Gasteiger charge is 2.72. The standard InChI is InChI=1S/C21H37NO3S/c1-5-7-8-9-11-16(10-6-2)19(23)22-18-14-17-12-13-21(18,20(17,3)4)15-26(22,24)25/h16-18H,5-15H2,1-4H3/t16-,17+,18+,21+/m0/s1. The lowest BCUT2D eigenvalue weighted by Crippen LogP contribution is -2.46. The molecule has 3 aliphatic rings. The Morgan fingerprint density at radius 1 is 1.12 bits per heavy atom. The Morgan fingerprint density at radius 2 is 1.85 bits per heavy atom. The zero-order chi connectivity index (χ0) is 19.2. The van der Waals surface area contributed by atoms with Crippen molar-refractivity contribution in [3.8, 4) is 0 Å². The fourth-order valence-corrected chi connectivity index (χ4v) is 8.91. The largest absolute Gasteiger partial charge is 0.273 e. The van der Waals surface area contributed by atoms with Crippen LogP contribution in [0.5, 0.6) is 0 Å². The van der Waals surface area contributed by atoms with Gasteiger partial charge in [0.05, 0.1) is 11.8 Å². The van der Waals surface area contributed by atoms with Gasteiger partial charge in [0.25, 0.3) is 0 Å². The summed E-state index contributed by atoms with van der Waals surface area (Å²) < 4.78 is 27.6. The molecule has 26 heavy (non-hydrogen) atoms. The van der Waals surface area contributed by atoms with Gasteiger partial charge in [-0.1, -0.05) is 59.8 Å². The molecule has 0 aromatic heterocycles. The van der Waals surface area contributed by atoms with Gasteiger partial charge in [0, 0.05) is 11.3 Å². The molecule has 2 aliphatic carbocycles. The Kier molecular flexibility index (Phi) is 5.51. The van der Waals surface area contributed by atoms with Crippen LogP contribution >= 0.6 is 0 Å². The lowest BCUT2D eigenvalue weighted by atomic mass is 9.69. The summed E-state index contributed by atoms with van der Waals surface area (Å²) in [5.74, 6) is 0.541. The molecule has 1 amide bonds. The van der Waals surface area contributed by atoms with E-state index in [1.165, 1.54) is 17.1 Å². The van der Waals surface area contributed by atoms with Gasteiger partial charge in [0.2, 0.25) is 15.9 Å². The molecule has 0 aromatic carbocycles. The van der Waals surface area contributed by atoms with Crippen LogP contribution in [0.2, 0.25) is 0 Å². The van der Waals surface area contributed by atoms with E-state index in [2.05, 4.69) is 27.7 Å². The SMILES string of the molecule is CCCCCC[C@H](CCC)C(=O)N1[C@@H]2C[C@H]3CC[C@]2(CS1(=O)=O)C3(C)C. The molecule has 1 saturated heterocycles. The Bertz CT molecular complexity index is 642. The van der Waals surface area contributed by atoms with E-state index in [4.69, 9.17) is 0 Å². The van der Waals surface area contributed by atoms with E-state index in [1.807, 2.05) is 0 Å². The highest BCUT2D eigenvalue weighted by molar-refractivity contribution is 7.90. The van der Waals surface area contributed by atoms with Crippen molar-refractivity contribution >= 4 is 15.9 Å². The molecule has 0 aromatic rings. The minimum Gasteiger partial charge on any atom is -0.273 e. The smallest absolute Gasteiger partial charge is 0.239 e. The second-order valence-electron chi connectivity index (χ2n) is 9.59. The van der Waals surface area contributed by atoms with Crippen LogP contribution in [0, 0.1) is 22.7 Å². The minimum atomic E-state index is -3.48. The van der Waals surface area contributed by atoms with Gasteiger partial charge in [-0.25, -0.2) is 12.7 Å². The van der Waals surface area contributed by atoms with Crippen LogP contribution in [0.4, 0.5) is 0 Å². The topological polar surface area (TPSA) is 54.5 Å². The van der Waals surface area contributed by atoms with Crippen molar-refractivity contribution in [2.24, 2.45) is 22.7 Å². The van der Waals surface area contributed by atoms with Crippen molar-refractivity contribution in [2.45, 2.75) is 97.9 Å². The van der Waals surface area contributed by atoms with E-state index >= 15 is 0 Å². The number of nitrogens with zero attached hydrogens (tertiary/aromatic N) is 1.